The molecule has 168 valence electrons. The molecule has 1 fully saturated rings. The lowest BCUT2D eigenvalue weighted by atomic mass is 9.96. The van der Waals surface area contributed by atoms with Crippen LogP contribution in [-0.2, 0) is 17.4 Å². The lowest BCUT2D eigenvalue weighted by Gasteiger charge is -2.31. The van der Waals surface area contributed by atoms with Gasteiger partial charge in [-0.2, -0.15) is 13.2 Å². The van der Waals surface area contributed by atoms with E-state index >= 15 is 0 Å². The fourth-order valence-electron chi connectivity index (χ4n) is 3.89. The van der Waals surface area contributed by atoms with Gasteiger partial charge in [0.05, 0.1) is 22.7 Å². The molecular formula is C23H19BrF4N2OS. The van der Waals surface area contributed by atoms with Crippen molar-refractivity contribution in [1.82, 2.24) is 9.88 Å². The van der Waals surface area contributed by atoms with Crippen LogP contribution in [0.2, 0.25) is 0 Å². The van der Waals surface area contributed by atoms with Gasteiger partial charge in [-0.15, -0.1) is 11.3 Å². The number of thiazole rings is 1. The van der Waals surface area contributed by atoms with Crippen LogP contribution in [0.15, 0.2) is 52.3 Å². The molecule has 3 aromatic rings. The molecule has 0 bridgehead atoms. The maximum absolute atomic E-state index is 13.5. The highest BCUT2D eigenvalue weighted by atomic mass is 79.9. The van der Waals surface area contributed by atoms with E-state index in [1.165, 1.54) is 0 Å². The van der Waals surface area contributed by atoms with Gasteiger partial charge in [0.1, 0.15) is 5.82 Å². The summed E-state index contributed by atoms with van der Waals surface area (Å²) in [6.45, 7) is 0.873. The quantitative estimate of drug-likeness (QED) is 0.355. The van der Waals surface area contributed by atoms with Gasteiger partial charge in [0.25, 0.3) is 0 Å². The molecule has 0 radical (unpaired) electrons. The molecule has 1 aromatic heterocycles. The number of aromatic nitrogens is 1. The molecule has 2 aromatic carbocycles. The zero-order valence-corrected chi connectivity index (χ0v) is 19.2. The number of carbonyl (C=O) groups excluding carboxylic acids is 1. The third-order valence-corrected chi connectivity index (χ3v) is 7.05. The molecule has 1 aliphatic rings. The van der Waals surface area contributed by atoms with E-state index < -0.39 is 29.9 Å². The highest BCUT2D eigenvalue weighted by Gasteiger charge is 2.34. The number of halogens is 5. The molecule has 3 nitrogen and oxygen atoms in total. The predicted molar refractivity (Wildman–Crippen MR) is 119 cm³/mol. The van der Waals surface area contributed by atoms with E-state index in [1.54, 1.807) is 16.2 Å². The summed E-state index contributed by atoms with van der Waals surface area (Å²) >= 11 is 5.04. The number of amides is 1. The van der Waals surface area contributed by atoms with Crippen molar-refractivity contribution in [2.24, 2.45) is 0 Å². The van der Waals surface area contributed by atoms with Crippen molar-refractivity contribution in [3.05, 3.63) is 74.3 Å². The minimum Gasteiger partial charge on any atom is -0.342 e. The van der Waals surface area contributed by atoms with Gasteiger partial charge in [-0.3, -0.25) is 4.79 Å². The van der Waals surface area contributed by atoms with Crippen molar-refractivity contribution in [2.45, 2.75) is 31.4 Å². The van der Waals surface area contributed by atoms with Crippen LogP contribution in [0, 0.1) is 5.82 Å². The number of hydrogen-bond acceptors (Lipinski definition) is 3. The highest BCUT2D eigenvalue weighted by molar-refractivity contribution is 9.10. The number of rotatable bonds is 4. The van der Waals surface area contributed by atoms with Crippen molar-refractivity contribution in [3.63, 3.8) is 0 Å². The van der Waals surface area contributed by atoms with E-state index in [9.17, 15) is 22.4 Å². The number of likely N-dealkylation sites (tertiary alicyclic amines) is 1. The molecule has 4 rings (SSSR count). The van der Waals surface area contributed by atoms with E-state index in [0.29, 0.717) is 32.0 Å². The van der Waals surface area contributed by atoms with Crippen LogP contribution in [0.4, 0.5) is 17.6 Å². The fourth-order valence-corrected chi connectivity index (χ4v) is 5.29. The first kappa shape index (κ1) is 22.9. The predicted octanol–water partition coefficient (Wildman–Crippen LogP) is 6.68. The van der Waals surface area contributed by atoms with E-state index in [1.807, 2.05) is 29.6 Å². The molecule has 0 N–H and O–H groups in total. The monoisotopic (exact) mass is 526 g/mol. The van der Waals surface area contributed by atoms with Crippen LogP contribution in [-0.4, -0.2) is 28.9 Å². The first-order valence-electron chi connectivity index (χ1n) is 10.1. The number of carbonyl (C=O) groups is 1. The van der Waals surface area contributed by atoms with Gasteiger partial charge < -0.3 is 4.90 Å². The number of benzene rings is 2. The number of alkyl halides is 3. The van der Waals surface area contributed by atoms with Gasteiger partial charge in [-0.25, -0.2) is 9.37 Å². The minimum absolute atomic E-state index is 0.199. The largest absolute Gasteiger partial charge is 0.416 e. The van der Waals surface area contributed by atoms with E-state index in [2.05, 4.69) is 15.9 Å². The summed E-state index contributed by atoms with van der Waals surface area (Å²) in [6, 6.07) is 10.1. The molecule has 1 amide bonds. The Bertz CT molecular complexity index is 1120. The van der Waals surface area contributed by atoms with Gasteiger partial charge in [0, 0.05) is 34.4 Å². The van der Waals surface area contributed by atoms with Gasteiger partial charge in [-0.1, -0.05) is 28.1 Å². The van der Waals surface area contributed by atoms with Crippen molar-refractivity contribution >= 4 is 33.2 Å². The summed E-state index contributed by atoms with van der Waals surface area (Å²) in [6.07, 6.45) is -3.73. The molecule has 1 aliphatic heterocycles. The second-order valence-corrected chi connectivity index (χ2v) is 9.52. The molecule has 1 saturated heterocycles. The summed E-state index contributed by atoms with van der Waals surface area (Å²) in [4.78, 5) is 19.0. The normalized spacial score (nSPS) is 15.2. The maximum atomic E-state index is 13.5. The summed E-state index contributed by atoms with van der Waals surface area (Å²) in [5.74, 6) is -1.01. The van der Waals surface area contributed by atoms with E-state index in [0.717, 1.165) is 32.9 Å². The molecule has 0 saturated carbocycles. The summed E-state index contributed by atoms with van der Waals surface area (Å²) in [5.41, 5.74) is 0.619. The molecule has 9 heteroatoms. The third-order valence-electron chi connectivity index (χ3n) is 5.55. The zero-order valence-electron chi connectivity index (χ0n) is 16.8. The topological polar surface area (TPSA) is 33.2 Å². The minimum atomic E-state index is -4.63. The lowest BCUT2D eigenvalue weighted by molar-refractivity contribution is -0.138. The Morgan fingerprint density at radius 2 is 1.91 bits per heavy atom. The van der Waals surface area contributed by atoms with Crippen molar-refractivity contribution in [3.8, 4) is 11.3 Å². The van der Waals surface area contributed by atoms with Crippen LogP contribution in [0.5, 0.6) is 0 Å². The molecule has 2 heterocycles. The van der Waals surface area contributed by atoms with Crippen LogP contribution < -0.4 is 0 Å². The average Bonchev–Trinajstić information content (AvgIpc) is 3.23. The second kappa shape index (κ2) is 9.31. The van der Waals surface area contributed by atoms with Crippen molar-refractivity contribution in [1.29, 1.82) is 0 Å². The van der Waals surface area contributed by atoms with Gasteiger partial charge >= 0.3 is 6.18 Å². The molecular weight excluding hydrogens is 508 g/mol. The smallest absolute Gasteiger partial charge is 0.342 e. The van der Waals surface area contributed by atoms with Crippen molar-refractivity contribution in [2.75, 3.05) is 13.1 Å². The SMILES string of the molecule is O=C(Cc1cc(F)ccc1C(F)(F)F)N1CCC(c2nc(-c3cccc(Br)c3)cs2)CC1. The Morgan fingerprint density at radius 1 is 1.16 bits per heavy atom. The zero-order chi connectivity index (χ0) is 22.9. The van der Waals surface area contributed by atoms with Gasteiger partial charge in [0.15, 0.2) is 0 Å². The summed E-state index contributed by atoms with van der Waals surface area (Å²) < 4.78 is 54.1. The Morgan fingerprint density at radius 3 is 2.59 bits per heavy atom. The molecule has 0 atom stereocenters. The third kappa shape index (κ3) is 5.20. The fraction of sp³-hybridized carbons (Fsp3) is 0.304. The van der Waals surface area contributed by atoms with Crippen LogP contribution in [0.3, 0.4) is 0 Å². The Kier molecular flexibility index (Phi) is 6.67. The Hall–Kier alpha value is -2.26. The standard InChI is InChI=1S/C23H19BrF4N2OS/c24-17-3-1-2-15(10-17)20-13-32-22(29-20)14-6-8-30(9-7-14)21(31)12-16-11-18(25)4-5-19(16)23(26,27)28/h1-5,10-11,13-14H,6-9,12H2. The lowest BCUT2D eigenvalue weighted by Crippen LogP contribution is -2.39. The first-order valence-corrected chi connectivity index (χ1v) is 11.7. The van der Waals surface area contributed by atoms with Crippen LogP contribution >= 0.6 is 27.3 Å². The molecule has 32 heavy (non-hydrogen) atoms. The first-order chi connectivity index (χ1) is 15.2. The number of nitrogens with zero attached hydrogens (tertiary/aromatic N) is 2. The van der Waals surface area contributed by atoms with Crippen LogP contribution in [0.25, 0.3) is 11.3 Å². The van der Waals surface area contributed by atoms with E-state index in [-0.39, 0.29) is 11.5 Å². The number of hydrogen-bond donors (Lipinski definition) is 0. The molecule has 0 spiro atoms. The second-order valence-electron chi connectivity index (χ2n) is 7.71. The highest BCUT2D eigenvalue weighted by Crippen LogP contribution is 2.35. The molecule has 0 aliphatic carbocycles. The van der Waals surface area contributed by atoms with Crippen LogP contribution in [0.1, 0.15) is 34.9 Å². The maximum Gasteiger partial charge on any atom is 0.416 e. The molecule has 0 unspecified atom stereocenters. The van der Waals surface area contributed by atoms with Gasteiger partial charge in [-0.05, 0) is 48.7 Å². The van der Waals surface area contributed by atoms with Crippen molar-refractivity contribution < 1.29 is 22.4 Å². The average molecular weight is 527 g/mol. The number of piperidine rings is 1. The summed E-state index contributed by atoms with van der Waals surface area (Å²) in [5, 5.41) is 3.01. The van der Waals surface area contributed by atoms with E-state index in [4.69, 9.17) is 4.98 Å². The summed E-state index contributed by atoms with van der Waals surface area (Å²) in [7, 11) is 0. The Labute approximate surface area is 195 Å². The van der Waals surface area contributed by atoms with Gasteiger partial charge in [0.2, 0.25) is 5.91 Å². The Balaban J connectivity index is 1.39.